The second-order valence-corrected chi connectivity index (χ2v) is 7.31. The molecule has 1 aromatic carbocycles. The summed E-state index contributed by atoms with van der Waals surface area (Å²) in [5, 5.41) is 0. The number of hydrogen-bond acceptors (Lipinski definition) is 3. The highest BCUT2D eigenvalue weighted by atomic mass is 32.2. The van der Waals surface area contributed by atoms with Crippen LogP contribution in [-0.4, -0.2) is 31.9 Å². The lowest BCUT2D eigenvalue weighted by atomic mass is 9.93. The van der Waals surface area contributed by atoms with Crippen molar-refractivity contribution in [3.8, 4) is 0 Å². The van der Waals surface area contributed by atoms with E-state index in [2.05, 4.69) is 0 Å². The molecule has 0 aliphatic heterocycles. The molecular weight excluding hydrogens is 272 g/mol. The van der Waals surface area contributed by atoms with Crippen molar-refractivity contribution in [2.75, 3.05) is 13.6 Å². The van der Waals surface area contributed by atoms with Gasteiger partial charge >= 0.3 is 0 Å². The van der Waals surface area contributed by atoms with E-state index in [1.165, 1.54) is 4.31 Å². The van der Waals surface area contributed by atoms with E-state index < -0.39 is 15.6 Å². The molecule has 2 N–H and O–H groups in total. The summed E-state index contributed by atoms with van der Waals surface area (Å²) in [5.41, 5.74) is 7.05. The normalized spacial score (nSPS) is 12.9. The van der Waals surface area contributed by atoms with Gasteiger partial charge in [0.15, 0.2) is 0 Å². The van der Waals surface area contributed by atoms with E-state index in [0.717, 1.165) is 11.1 Å². The number of nitrogens with zero attached hydrogens (tertiary/aromatic N) is 1. The molecule has 0 unspecified atom stereocenters. The summed E-state index contributed by atoms with van der Waals surface area (Å²) in [5.74, 6) is 0. The predicted molar refractivity (Wildman–Crippen MR) is 83.2 cm³/mol. The van der Waals surface area contributed by atoms with Crippen LogP contribution in [0.2, 0.25) is 0 Å². The maximum Gasteiger partial charge on any atom is 0.243 e. The Morgan fingerprint density at radius 3 is 2.20 bits per heavy atom. The van der Waals surface area contributed by atoms with Gasteiger partial charge in [0, 0.05) is 19.1 Å². The highest BCUT2D eigenvalue weighted by Gasteiger charge is 2.38. The zero-order chi connectivity index (χ0) is 15.6. The Balaban J connectivity index is 3.39. The molecular formula is C15H26N2O2S. The van der Waals surface area contributed by atoms with E-state index in [4.69, 9.17) is 5.73 Å². The number of nitrogens with two attached hydrogens (primary N) is 1. The summed E-state index contributed by atoms with van der Waals surface area (Å²) >= 11 is 0. The van der Waals surface area contributed by atoms with Crippen LogP contribution in [0.15, 0.2) is 23.1 Å². The third kappa shape index (κ3) is 2.90. The van der Waals surface area contributed by atoms with E-state index in [0.29, 0.717) is 24.3 Å². The lowest BCUT2D eigenvalue weighted by molar-refractivity contribution is 0.208. The lowest BCUT2D eigenvalue weighted by Crippen LogP contribution is -2.53. The predicted octanol–water partition coefficient (Wildman–Crippen LogP) is 2.44. The lowest BCUT2D eigenvalue weighted by Gasteiger charge is -2.39. The van der Waals surface area contributed by atoms with Crippen molar-refractivity contribution in [1.82, 2.24) is 4.31 Å². The van der Waals surface area contributed by atoms with Gasteiger partial charge < -0.3 is 5.73 Å². The molecule has 5 heteroatoms. The van der Waals surface area contributed by atoms with E-state index in [9.17, 15) is 8.42 Å². The second kappa shape index (κ2) is 6.24. The third-order valence-corrected chi connectivity index (χ3v) is 6.45. The molecule has 0 radical (unpaired) electrons. The van der Waals surface area contributed by atoms with Crippen LogP contribution >= 0.6 is 0 Å². The van der Waals surface area contributed by atoms with Gasteiger partial charge in [-0.05, 0) is 43.9 Å². The summed E-state index contributed by atoms with van der Waals surface area (Å²) in [4.78, 5) is 0.375. The maximum absolute atomic E-state index is 12.9. The molecule has 0 aliphatic carbocycles. The van der Waals surface area contributed by atoms with Gasteiger partial charge in [-0.15, -0.1) is 0 Å². The van der Waals surface area contributed by atoms with Crippen molar-refractivity contribution in [3.63, 3.8) is 0 Å². The average Bonchev–Trinajstić information content (AvgIpc) is 2.43. The van der Waals surface area contributed by atoms with Gasteiger partial charge in [-0.2, -0.15) is 4.31 Å². The fourth-order valence-corrected chi connectivity index (χ4v) is 4.45. The van der Waals surface area contributed by atoms with Gasteiger partial charge in [-0.1, -0.05) is 26.0 Å². The first-order chi connectivity index (χ1) is 9.25. The molecule has 20 heavy (non-hydrogen) atoms. The van der Waals surface area contributed by atoms with Crippen molar-refractivity contribution in [2.45, 2.75) is 51.0 Å². The minimum atomic E-state index is -3.53. The molecule has 114 valence electrons. The van der Waals surface area contributed by atoms with Gasteiger partial charge in [0.05, 0.1) is 4.90 Å². The van der Waals surface area contributed by atoms with Gasteiger partial charge in [0.25, 0.3) is 0 Å². The van der Waals surface area contributed by atoms with E-state index in [1.807, 2.05) is 39.8 Å². The number of likely N-dealkylation sites (N-methyl/N-ethyl adjacent to an activating group) is 1. The minimum absolute atomic E-state index is 0.320. The molecule has 0 saturated carbocycles. The number of hydrogen-bond donors (Lipinski definition) is 1. The fraction of sp³-hybridized carbons (Fsp3) is 0.600. The minimum Gasteiger partial charge on any atom is -0.329 e. The second-order valence-electron chi connectivity index (χ2n) is 5.38. The van der Waals surface area contributed by atoms with Crippen LogP contribution < -0.4 is 5.73 Å². The Hall–Kier alpha value is -0.910. The first-order valence-corrected chi connectivity index (χ1v) is 8.45. The van der Waals surface area contributed by atoms with Crippen LogP contribution in [0.5, 0.6) is 0 Å². The molecule has 0 fully saturated rings. The Bertz CT molecular complexity index is 555. The Kier molecular flexibility index (Phi) is 5.35. The van der Waals surface area contributed by atoms with Crippen LogP contribution in [0, 0.1) is 13.8 Å². The van der Waals surface area contributed by atoms with Gasteiger partial charge in [-0.25, -0.2) is 8.42 Å². The molecule has 0 bridgehead atoms. The molecule has 0 saturated heterocycles. The smallest absolute Gasteiger partial charge is 0.243 e. The highest BCUT2D eigenvalue weighted by Crippen LogP contribution is 2.29. The van der Waals surface area contributed by atoms with E-state index >= 15 is 0 Å². The SMILES string of the molecule is CCC(CC)(CN)N(C)S(=O)(=O)c1cc(C)ccc1C. The molecule has 1 aromatic rings. The molecule has 0 heterocycles. The Labute approximate surface area is 123 Å². The molecule has 0 aliphatic rings. The number of sulfonamides is 1. The van der Waals surface area contributed by atoms with Crippen molar-refractivity contribution < 1.29 is 8.42 Å². The summed E-state index contributed by atoms with van der Waals surface area (Å²) in [6, 6.07) is 5.50. The number of rotatable bonds is 6. The molecule has 4 nitrogen and oxygen atoms in total. The summed E-state index contributed by atoms with van der Waals surface area (Å²) in [7, 11) is -1.90. The largest absolute Gasteiger partial charge is 0.329 e. The summed E-state index contributed by atoms with van der Waals surface area (Å²) in [6.07, 6.45) is 1.39. The fourth-order valence-electron chi connectivity index (χ4n) is 2.50. The zero-order valence-electron chi connectivity index (χ0n) is 13.1. The number of benzene rings is 1. The molecule has 1 rings (SSSR count). The molecule has 0 aromatic heterocycles. The van der Waals surface area contributed by atoms with Crippen LogP contribution in [0.1, 0.15) is 37.8 Å². The summed E-state index contributed by atoms with van der Waals surface area (Å²) in [6.45, 7) is 7.99. The van der Waals surface area contributed by atoms with Crippen LogP contribution in [0.4, 0.5) is 0 Å². The molecule has 0 amide bonds. The first kappa shape index (κ1) is 17.1. The van der Waals surface area contributed by atoms with Crippen molar-refractivity contribution >= 4 is 10.0 Å². The first-order valence-electron chi connectivity index (χ1n) is 7.01. The number of aryl methyl sites for hydroxylation is 2. The zero-order valence-corrected chi connectivity index (χ0v) is 13.9. The highest BCUT2D eigenvalue weighted by molar-refractivity contribution is 7.89. The van der Waals surface area contributed by atoms with Gasteiger partial charge in [0.2, 0.25) is 10.0 Å². The van der Waals surface area contributed by atoms with Crippen LogP contribution in [0.25, 0.3) is 0 Å². The quantitative estimate of drug-likeness (QED) is 0.877. The van der Waals surface area contributed by atoms with Gasteiger partial charge in [0.1, 0.15) is 0 Å². The Morgan fingerprint density at radius 1 is 1.20 bits per heavy atom. The van der Waals surface area contributed by atoms with Crippen molar-refractivity contribution in [2.24, 2.45) is 5.73 Å². The maximum atomic E-state index is 12.9. The van der Waals surface area contributed by atoms with Crippen molar-refractivity contribution in [3.05, 3.63) is 29.3 Å². The average molecular weight is 298 g/mol. The molecule has 0 atom stereocenters. The van der Waals surface area contributed by atoms with Crippen LogP contribution in [-0.2, 0) is 10.0 Å². The topological polar surface area (TPSA) is 63.4 Å². The van der Waals surface area contributed by atoms with E-state index in [1.54, 1.807) is 13.1 Å². The molecule has 0 spiro atoms. The van der Waals surface area contributed by atoms with Gasteiger partial charge in [-0.3, -0.25) is 0 Å². The summed E-state index contributed by atoms with van der Waals surface area (Å²) < 4.78 is 27.3. The monoisotopic (exact) mass is 298 g/mol. The van der Waals surface area contributed by atoms with Crippen molar-refractivity contribution in [1.29, 1.82) is 0 Å². The third-order valence-electron chi connectivity index (χ3n) is 4.35. The Morgan fingerprint density at radius 2 is 1.75 bits per heavy atom. The van der Waals surface area contributed by atoms with E-state index in [-0.39, 0.29) is 0 Å². The standard InChI is InChI=1S/C15H26N2O2S/c1-6-15(7-2,11-16)17(5)20(18,19)14-10-12(3)8-9-13(14)4/h8-10H,6-7,11,16H2,1-5H3. The van der Waals surface area contributed by atoms with Crippen LogP contribution in [0.3, 0.4) is 0 Å².